The Morgan fingerprint density at radius 2 is 1.65 bits per heavy atom. The van der Waals surface area contributed by atoms with Crippen molar-refractivity contribution < 1.29 is 24.5 Å². The molecule has 2 rings (SSSR count). The average Bonchev–Trinajstić information content (AvgIpc) is 3.11. The first-order chi connectivity index (χ1) is 8.04. The normalized spacial score (nSPS) is 13.2. The maximum Gasteiger partial charge on any atom is 0.503 e. The predicted molar refractivity (Wildman–Crippen MR) is 60.7 cm³/mol. The molecule has 1 aliphatic rings. The van der Waals surface area contributed by atoms with Gasteiger partial charge in [-0.1, -0.05) is 0 Å². The zero-order valence-corrected chi connectivity index (χ0v) is 9.42. The van der Waals surface area contributed by atoms with Gasteiger partial charge in [0.25, 0.3) is 0 Å². The van der Waals surface area contributed by atoms with E-state index in [0.29, 0.717) is 5.92 Å². The summed E-state index contributed by atoms with van der Waals surface area (Å²) in [7, 11) is 1.62. The van der Waals surface area contributed by atoms with E-state index < -0.39 is 6.16 Å². The summed E-state index contributed by atoms with van der Waals surface area (Å²) in [5.41, 5.74) is 0.809. The second-order valence-electron chi connectivity index (χ2n) is 3.65. The summed E-state index contributed by atoms with van der Waals surface area (Å²) in [4.78, 5) is 20.1. The van der Waals surface area contributed by atoms with Crippen LogP contribution in [-0.2, 0) is 0 Å². The topological polar surface area (TPSA) is 83.8 Å². The van der Waals surface area contributed by atoms with E-state index in [1.165, 1.54) is 0 Å². The van der Waals surface area contributed by atoms with Crippen LogP contribution >= 0.6 is 0 Å². The van der Waals surface area contributed by atoms with Gasteiger partial charge in [0, 0.05) is 11.5 Å². The Morgan fingerprint density at radius 3 is 2.00 bits per heavy atom. The van der Waals surface area contributed by atoms with E-state index in [9.17, 15) is 4.79 Å². The number of hydrogen-bond acceptors (Lipinski definition) is 3. The van der Waals surface area contributed by atoms with Crippen LogP contribution < -0.4 is 4.74 Å². The highest BCUT2D eigenvalue weighted by Crippen LogP contribution is 2.32. The van der Waals surface area contributed by atoms with Crippen molar-refractivity contribution in [1.82, 2.24) is 0 Å². The molecular formula is C12H14O5. The van der Waals surface area contributed by atoms with Gasteiger partial charge in [-0.2, -0.15) is 0 Å². The van der Waals surface area contributed by atoms with Crippen molar-refractivity contribution in [2.24, 2.45) is 5.92 Å². The molecule has 1 fully saturated rings. The fourth-order valence-electron chi connectivity index (χ4n) is 1.34. The molecule has 1 saturated carbocycles. The molecule has 0 amide bonds. The van der Waals surface area contributed by atoms with Crippen LogP contribution in [0.5, 0.6) is 5.75 Å². The van der Waals surface area contributed by atoms with Gasteiger partial charge in [-0.3, -0.25) is 4.79 Å². The van der Waals surface area contributed by atoms with Crippen LogP contribution in [0.1, 0.15) is 23.2 Å². The highest BCUT2D eigenvalue weighted by Gasteiger charge is 2.30. The summed E-state index contributed by atoms with van der Waals surface area (Å²) < 4.78 is 5.01. The maximum atomic E-state index is 11.6. The summed E-state index contributed by atoms with van der Waals surface area (Å²) in [6.07, 6.45) is 0.287. The van der Waals surface area contributed by atoms with Crippen LogP contribution in [0.25, 0.3) is 0 Å². The minimum Gasteiger partial charge on any atom is -0.497 e. The number of methoxy groups -OCH3 is 1. The minimum absolute atomic E-state index is 0.280. The lowest BCUT2D eigenvalue weighted by Gasteiger charge is -2.01. The van der Waals surface area contributed by atoms with Crippen molar-refractivity contribution in [2.75, 3.05) is 7.11 Å². The van der Waals surface area contributed by atoms with Gasteiger partial charge >= 0.3 is 6.16 Å². The standard InChI is InChI=1S/C11H12O2.CH2O3/c1-13-10-6-4-9(5-7-10)11(12)8-2-3-8;2-1(3)4/h4-8H,2-3H2,1H3;(H2,2,3,4). The van der Waals surface area contributed by atoms with Gasteiger partial charge in [0.05, 0.1) is 7.11 Å². The molecule has 0 saturated heterocycles. The van der Waals surface area contributed by atoms with Gasteiger partial charge in [0.15, 0.2) is 5.78 Å². The first-order valence-electron chi connectivity index (χ1n) is 5.14. The summed E-state index contributed by atoms with van der Waals surface area (Å²) in [6.45, 7) is 0. The Kier molecular flexibility index (Phi) is 4.51. The van der Waals surface area contributed by atoms with Crippen LogP contribution in [-0.4, -0.2) is 29.3 Å². The lowest BCUT2D eigenvalue weighted by Crippen LogP contribution is -2.00. The SMILES string of the molecule is COc1ccc(C(=O)C2CC2)cc1.O=C(O)O. The number of ether oxygens (including phenoxy) is 1. The van der Waals surface area contributed by atoms with Crippen LogP contribution in [0.15, 0.2) is 24.3 Å². The molecule has 0 aromatic heterocycles. The zero-order valence-electron chi connectivity index (χ0n) is 9.42. The van der Waals surface area contributed by atoms with Crippen molar-refractivity contribution in [3.05, 3.63) is 29.8 Å². The molecule has 0 bridgehead atoms. The molecule has 0 atom stereocenters. The van der Waals surface area contributed by atoms with Crippen LogP contribution in [0.2, 0.25) is 0 Å². The first-order valence-corrected chi connectivity index (χ1v) is 5.14. The van der Waals surface area contributed by atoms with Gasteiger partial charge in [0.2, 0.25) is 0 Å². The third kappa shape index (κ3) is 4.55. The van der Waals surface area contributed by atoms with Gasteiger partial charge in [-0.05, 0) is 37.1 Å². The van der Waals surface area contributed by atoms with Crippen LogP contribution in [0.4, 0.5) is 4.79 Å². The van der Waals surface area contributed by atoms with Crippen molar-refractivity contribution in [3.8, 4) is 5.75 Å². The van der Waals surface area contributed by atoms with Gasteiger partial charge in [0.1, 0.15) is 5.75 Å². The molecule has 5 nitrogen and oxygen atoms in total. The molecule has 0 heterocycles. The zero-order chi connectivity index (χ0) is 12.8. The van der Waals surface area contributed by atoms with Crippen molar-refractivity contribution >= 4 is 11.9 Å². The number of rotatable bonds is 3. The summed E-state index contributed by atoms with van der Waals surface area (Å²) >= 11 is 0. The molecule has 0 unspecified atom stereocenters. The quantitative estimate of drug-likeness (QED) is 0.790. The summed E-state index contributed by atoms with van der Waals surface area (Å²) in [6, 6.07) is 7.32. The molecule has 0 radical (unpaired) electrons. The molecule has 1 aromatic carbocycles. The van der Waals surface area contributed by atoms with Gasteiger partial charge in [-0.15, -0.1) is 0 Å². The van der Waals surface area contributed by atoms with E-state index in [0.717, 1.165) is 24.2 Å². The smallest absolute Gasteiger partial charge is 0.497 e. The Morgan fingerprint density at radius 1 is 1.18 bits per heavy atom. The fraction of sp³-hybridized carbons (Fsp3) is 0.333. The molecule has 92 valence electrons. The van der Waals surface area contributed by atoms with Gasteiger partial charge < -0.3 is 14.9 Å². The number of Topliss-reactive ketones (excluding diaryl/α,β-unsaturated/α-hetero) is 1. The van der Waals surface area contributed by atoms with E-state index in [4.69, 9.17) is 19.7 Å². The largest absolute Gasteiger partial charge is 0.503 e. The average molecular weight is 238 g/mol. The number of benzene rings is 1. The van der Waals surface area contributed by atoms with Gasteiger partial charge in [-0.25, -0.2) is 4.79 Å². The number of carbonyl (C=O) groups is 2. The highest BCUT2D eigenvalue weighted by atomic mass is 16.6. The summed E-state index contributed by atoms with van der Waals surface area (Å²) in [5, 5.41) is 13.9. The fourth-order valence-corrected chi connectivity index (χ4v) is 1.34. The van der Waals surface area contributed by atoms with E-state index in [1.54, 1.807) is 7.11 Å². The number of carbonyl (C=O) groups excluding carboxylic acids is 1. The van der Waals surface area contributed by atoms with E-state index >= 15 is 0 Å². The predicted octanol–water partition coefficient (Wildman–Crippen LogP) is 2.51. The Labute approximate surface area is 98.6 Å². The molecule has 0 spiro atoms. The van der Waals surface area contributed by atoms with E-state index in [-0.39, 0.29) is 5.78 Å². The number of ketones is 1. The lowest BCUT2D eigenvalue weighted by atomic mass is 10.1. The molecule has 1 aliphatic carbocycles. The summed E-state index contributed by atoms with van der Waals surface area (Å²) in [5.74, 6) is 1.38. The second kappa shape index (κ2) is 5.89. The molecular weight excluding hydrogens is 224 g/mol. The van der Waals surface area contributed by atoms with Crippen LogP contribution in [0, 0.1) is 5.92 Å². The molecule has 1 aromatic rings. The van der Waals surface area contributed by atoms with E-state index in [1.807, 2.05) is 24.3 Å². The van der Waals surface area contributed by atoms with E-state index in [2.05, 4.69) is 0 Å². The Balaban J connectivity index is 0.000000317. The maximum absolute atomic E-state index is 11.6. The first kappa shape index (κ1) is 13.0. The number of carboxylic acid groups (broad SMARTS) is 2. The molecule has 0 aliphatic heterocycles. The number of hydrogen-bond donors (Lipinski definition) is 2. The minimum atomic E-state index is -1.83. The second-order valence-corrected chi connectivity index (χ2v) is 3.65. The molecule has 17 heavy (non-hydrogen) atoms. The van der Waals surface area contributed by atoms with Crippen molar-refractivity contribution in [2.45, 2.75) is 12.8 Å². The Hall–Kier alpha value is -2.04. The van der Waals surface area contributed by atoms with Crippen molar-refractivity contribution in [3.63, 3.8) is 0 Å². The van der Waals surface area contributed by atoms with Crippen molar-refractivity contribution in [1.29, 1.82) is 0 Å². The lowest BCUT2D eigenvalue weighted by molar-refractivity contribution is 0.0967. The van der Waals surface area contributed by atoms with Crippen LogP contribution in [0.3, 0.4) is 0 Å². The highest BCUT2D eigenvalue weighted by molar-refractivity contribution is 5.99. The monoisotopic (exact) mass is 238 g/mol. The third-order valence-electron chi connectivity index (χ3n) is 2.32. The molecule has 5 heteroatoms. The molecule has 2 N–H and O–H groups in total. The third-order valence-corrected chi connectivity index (χ3v) is 2.32. The Bertz CT molecular complexity index is 388.